The Morgan fingerprint density at radius 3 is 2.25 bits per heavy atom. The summed E-state index contributed by atoms with van der Waals surface area (Å²) in [5, 5.41) is 7.31. The number of carbonyl (C=O) groups is 1. The molecule has 128 valence electrons. The number of hydrogen-bond acceptors (Lipinski definition) is 3. The predicted octanol–water partition coefficient (Wildman–Crippen LogP) is 3.30. The third-order valence-electron chi connectivity index (χ3n) is 5.91. The SMILES string of the molecule is COc1ccc(/C=N\NC(=O)NC23CC4CC(CC(C4)C2)C3)cc1. The van der Waals surface area contributed by atoms with E-state index in [-0.39, 0.29) is 11.6 Å². The van der Waals surface area contributed by atoms with E-state index in [9.17, 15) is 4.79 Å². The third kappa shape index (κ3) is 3.12. The van der Waals surface area contributed by atoms with Gasteiger partial charge < -0.3 is 10.1 Å². The highest BCUT2D eigenvalue weighted by Gasteiger charge is 2.51. The molecule has 0 aromatic heterocycles. The largest absolute Gasteiger partial charge is 0.497 e. The van der Waals surface area contributed by atoms with Crippen LogP contribution in [0.3, 0.4) is 0 Å². The molecule has 0 radical (unpaired) electrons. The second-order valence-corrected chi connectivity index (χ2v) is 7.80. The third-order valence-corrected chi connectivity index (χ3v) is 5.91. The van der Waals surface area contributed by atoms with Crippen molar-refractivity contribution in [1.82, 2.24) is 10.7 Å². The summed E-state index contributed by atoms with van der Waals surface area (Å²) < 4.78 is 5.12. The maximum absolute atomic E-state index is 12.3. The molecule has 0 unspecified atom stereocenters. The number of rotatable bonds is 4. The second kappa shape index (κ2) is 6.11. The van der Waals surface area contributed by atoms with Gasteiger partial charge >= 0.3 is 6.03 Å². The number of benzene rings is 1. The van der Waals surface area contributed by atoms with Crippen LogP contribution in [0.15, 0.2) is 29.4 Å². The molecule has 1 aromatic carbocycles. The molecule has 4 fully saturated rings. The summed E-state index contributed by atoms with van der Waals surface area (Å²) in [6, 6.07) is 7.37. The molecule has 4 aliphatic rings. The lowest BCUT2D eigenvalue weighted by molar-refractivity contribution is -0.0135. The summed E-state index contributed by atoms with van der Waals surface area (Å²) in [6.07, 6.45) is 9.21. The van der Waals surface area contributed by atoms with Gasteiger partial charge in [0.2, 0.25) is 0 Å². The lowest BCUT2D eigenvalue weighted by atomic mass is 9.53. The number of nitrogens with zero attached hydrogens (tertiary/aromatic N) is 1. The molecule has 24 heavy (non-hydrogen) atoms. The highest BCUT2D eigenvalue weighted by Crippen LogP contribution is 2.55. The maximum Gasteiger partial charge on any atom is 0.335 e. The van der Waals surface area contributed by atoms with Crippen molar-refractivity contribution in [2.24, 2.45) is 22.9 Å². The second-order valence-electron chi connectivity index (χ2n) is 7.80. The van der Waals surface area contributed by atoms with Crippen molar-refractivity contribution >= 4 is 12.2 Å². The number of hydrogen-bond donors (Lipinski definition) is 2. The first-order valence-corrected chi connectivity index (χ1v) is 8.89. The van der Waals surface area contributed by atoms with Crippen LogP contribution in [0.1, 0.15) is 44.1 Å². The van der Waals surface area contributed by atoms with E-state index in [4.69, 9.17) is 4.74 Å². The van der Waals surface area contributed by atoms with Crippen LogP contribution in [0.5, 0.6) is 5.75 Å². The molecule has 4 bridgehead atoms. The summed E-state index contributed by atoms with van der Waals surface area (Å²) >= 11 is 0. The fourth-order valence-electron chi connectivity index (χ4n) is 5.39. The molecule has 0 saturated heterocycles. The summed E-state index contributed by atoms with van der Waals surface area (Å²) in [4.78, 5) is 12.3. The van der Waals surface area contributed by atoms with Crippen LogP contribution in [-0.4, -0.2) is 24.9 Å². The molecule has 1 aromatic rings. The van der Waals surface area contributed by atoms with E-state index in [1.165, 1.54) is 19.3 Å². The Morgan fingerprint density at radius 2 is 1.71 bits per heavy atom. The summed E-state index contributed by atoms with van der Waals surface area (Å²) in [6.45, 7) is 0. The molecule has 2 amide bonds. The van der Waals surface area contributed by atoms with Gasteiger partial charge in [-0.15, -0.1) is 0 Å². The van der Waals surface area contributed by atoms with Gasteiger partial charge in [-0.2, -0.15) is 5.10 Å². The van der Waals surface area contributed by atoms with Crippen LogP contribution in [-0.2, 0) is 0 Å². The maximum atomic E-state index is 12.3. The normalized spacial score (nSPS) is 33.6. The van der Waals surface area contributed by atoms with Gasteiger partial charge in [0.05, 0.1) is 13.3 Å². The van der Waals surface area contributed by atoms with Gasteiger partial charge in [0, 0.05) is 5.54 Å². The molecule has 0 heterocycles. The van der Waals surface area contributed by atoms with Gasteiger partial charge in [-0.05, 0) is 86.1 Å². The molecule has 4 aliphatic carbocycles. The van der Waals surface area contributed by atoms with Crippen LogP contribution >= 0.6 is 0 Å². The van der Waals surface area contributed by atoms with E-state index in [2.05, 4.69) is 15.8 Å². The molecule has 0 atom stereocenters. The smallest absolute Gasteiger partial charge is 0.335 e. The van der Waals surface area contributed by atoms with Crippen LogP contribution in [0, 0.1) is 17.8 Å². The molecular weight excluding hydrogens is 302 g/mol. The standard InChI is InChI=1S/C19H25N3O2/c1-24-17-4-2-13(3-5-17)12-20-22-18(23)21-19-9-14-6-15(10-19)8-16(7-14)11-19/h2-5,12,14-16H,6-11H2,1H3,(H2,21,22,23)/b20-12-. The highest BCUT2D eigenvalue weighted by molar-refractivity contribution is 5.82. The van der Waals surface area contributed by atoms with Crippen LogP contribution in [0.4, 0.5) is 4.79 Å². The number of hydrazone groups is 1. The first-order valence-electron chi connectivity index (χ1n) is 8.89. The quantitative estimate of drug-likeness (QED) is 0.658. The van der Waals surface area contributed by atoms with E-state index in [0.717, 1.165) is 48.3 Å². The average Bonchev–Trinajstić information content (AvgIpc) is 2.53. The minimum Gasteiger partial charge on any atom is -0.497 e. The van der Waals surface area contributed by atoms with E-state index < -0.39 is 0 Å². The van der Waals surface area contributed by atoms with Crippen LogP contribution < -0.4 is 15.5 Å². The number of carbonyl (C=O) groups excluding carboxylic acids is 1. The Labute approximate surface area is 142 Å². The van der Waals surface area contributed by atoms with Crippen molar-refractivity contribution in [3.63, 3.8) is 0 Å². The minimum atomic E-state index is -0.179. The zero-order valence-corrected chi connectivity index (χ0v) is 14.1. The molecular formula is C19H25N3O2. The molecule has 5 nitrogen and oxygen atoms in total. The van der Waals surface area contributed by atoms with Gasteiger partial charge in [0.25, 0.3) is 0 Å². The summed E-state index contributed by atoms with van der Waals surface area (Å²) in [7, 11) is 1.64. The summed E-state index contributed by atoms with van der Waals surface area (Å²) in [5.41, 5.74) is 3.57. The number of methoxy groups -OCH3 is 1. The number of nitrogens with one attached hydrogen (secondary N) is 2. The van der Waals surface area contributed by atoms with Crippen molar-refractivity contribution in [2.45, 2.75) is 44.1 Å². The Balaban J connectivity index is 1.32. The Bertz CT molecular complexity index is 603. The van der Waals surface area contributed by atoms with E-state index in [1.807, 2.05) is 24.3 Å². The van der Waals surface area contributed by atoms with Gasteiger partial charge in [-0.1, -0.05) is 0 Å². The molecule has 0 spiro atoms. The molecule has 2 N–H and O–H groups in total. The summed E-state index contributed by atoms with van der Waals surface area (Å²) in [5.74, 6) is 3.26. The fourth-order valence-corrected chi connectivity index (χ4v) is 5.39. The topological polar surface area (TPSA) is 62.7 Å². The average molecular weight is 327 g/mol. The van der Waals surface area contributed by atoms with E-state index in [0.29, 0.717) is 0 Å². The number of ether oxygens (including phenoxy) is 1. The monoisotopic (exact) mass is 327 g/mol. The number of amides is 2. The molecule has 4 saturated carbocycles. The fraction of sp³-hybridized carbons (Fsp3) is 0.579. The Hall–Kier alpha value is -2.04. The first-order chi connectivity index (χ1) is 11.6. The van der Waals surface area contributed by atoms with E-state index >= 15 is 0 Å². The van der Waals surface area contributed by atoms with Gasteiger partial charge in [0.15, 0.2) is 0 Å². The van der Waals surface area contributed by atoms with Crippen molar-refractivity contribution < 1.29 is 9.53 Å². The predicted molar refractivity (Wildman–Crippen MR) is 93.2 cm³/mol. The Kier molecular flexibility index (Phi) is 3.94. The van der Waals surface area contributed by atoms with Crippen molar-refractivity contribution in [1.29, 1.82) is 0 Å². The van der Waals surface area contributed by atoms with Crippen LogP contribution in [0.25, 0.3) is 0 Å². The number of urea groups is 1. The lowest BCUT2D eigenvalue weighted by Crippen LogP contribution is -2.61. The first kappa shape index (κ1) is 15.5. The Morgan fingerprint density at radius 1 is 1.12 bits per heavy atom. The zero-order valence-electron chi connectivity index (χ0n) is 14.1. The molecule has 0 aliphatic heterocycles. The van der Waals surface area contributed by atoms with Crippen molar-refractivity contribution in [3.05, 3.63) is 29.8 Å². The lowest BCUT2D eigenvalue weighted by Gasteiger charge is -2.56. The van der Waals surface area contributed by atoms with Gasteiger partial charge in [-0.3, -0.25) is 0 Å². The van der Waals surface area contributed by atoms with Crippen LogP contribution in [0.2, 0.25) is 0 Å². The molecule has 5 heteroatoms. The molecule has 5 rings (SSSR count). The van der Waals surface area contributed by atoms with Gasteiger partial charge in [0.1, 0.15) is 5.75 Å². The zero-order chi connectivity index (χ0) is 16.6. The van der Waals surface area contributed by atoms with Crippen molar-refractivity contribution in [3.8, 4) is 5.75 Å². The minimum absolute atomic E-state index is 0.0223. The highest BCUT2D eigenvalue weighted by atomic mass is 16.5. The van der Waals surface area contributed by atoms with Gasteiger partial charge in [-0.25, -0.2) is 10.2 Å². The van der Waals surface area contributed by atoms with E-state index in [1.54, 1.807) is 13.3 Å². The van der Waals surface area contributed by atoms with Crippen molar-refractivity contribution in [2.75, 3.05) is 7.11 Å².